The zero-order valence-electron chi connectivity index (χ0n) is 9.77. The van der Waals surface area contributed by atoms with E-state index in [4.69, 9.17) is 5.73 Å². The maximum absolute atomic E-state index is 5.62. The Balaban J connectivity index is 2.17. The number of hydrogen-bond acceptors (Lipinski definition) is 2. The summed E-state index contributed by atoms with van der Waals surface area (Å²) in [5.74, 6) is 0. The highest BCUT2D eigenvalue weighted by molar-refractivity contribution is 5.26. The van der Waals surface area contributed by atoms with E-state index >= 15 is 0 Å². The number of benzene rings is 1. The van der Waals surface area contributed by atoms with Gasteiger partial charge in [-0.2, -0.15) is 5.10 Å². The molecule has 0 unspecified atom stereocenters. The number of nitrogens with two attached hydrogens (primary N) is 1. The van der Waals surface area contributed by atoms with Gasteiger partial charge in [0.05, 0.1) is 11.4 Å². The summed E-state index contributed by atoms with van der Waals surface area (Å²) in [7, 11) is 1.93. The summed E-state index contributed by atoms with van der Waals surface area (Å²) in [6.45, 7) is 2.63. The third-order valence-electron chi connectivity index (χ3n) is 2.74. The van der Waals surface area contributed by atoms with Crippen molar-refractivity contribution in [3.05, 3.63) is 52.8 Å². The first-order valence-corrected chi connectivity index (χ1v) is 5.46. The first-order valence-electron chi connectivity index (χ1n) is 5.46. The van der Waals surface area contributed by atoms with E-state index in [1.807, 2.05) is 11.7 Å². The van der Waals surface area contributed by atoms with Crippen LogP contribution in [-0.2, 0) is 20.0 Å². The molecule has 2 aromatic rings. The first kappa shape index (κ1) is 10.9. The molecule has 0 amide bonds. The molecule has 0 spiro atoms. The molecule has 2 N–H and O–H groups in total. The summed E-state index contributed by atoms with van der Waals surface area (Å²) in [6.07, 6.45) is 0.869. The third-order valence-corrected chi connectivity index (χ3v) is 2.74. The van der Waals surface area contributed by atoms with Crippen molar-refractivity contribution in [3.8, 4) is 0 Å². The Labute approximate surface area is 95.9 Å². The molecule has 84 valence electrons. The van der Waals surface area contributed by atoms with Crippen LogP contribution in [0.15, 0.2) is 30.3 Å². The largest absolute Gasteiger partial charge is 0.325 e. The Morgan fingerprint density at radius 1 is 1.25 bits per heavy atom. The molecule has 3 nitrogen and oxygen atoms in total. The van der Waals surface area contributed by atoms with E-state index in [2.05, 4.69) is 42.4 Å². The zero-order valence-corrected chi connectivity index (χ0v) is 9.77. The molecule has 0 saturated carbocycles. The Hall–Kier alpha value is -1.61. The van der Waals surface area contributed by atoms with Crippen LogP contribution in [0, 0.1) is 6.92 Å². The molecule has 0 radical (unpaired) electrons. The van der Waals surface area contributed by atoms with E-state index in [9.17, 15) is 0 Å². The Morgan fingerprint density at radius 2 is 1.94 bits per heavy atom. The molecule has 0 aliphatic carbocycles. The monoisotopic (exact) mass is 215 g/mol. The Kier molecular flexibility index (Phi) is 3.06. The average molecular weight is 215 g/mol. The third kappa shape index (κ3) is 2.31. The van der Waals surface area contributed by atoms with Gasteiger partial charge in [-0.15, -0.1) is 0 Å². The van der Waals surface area contributed by atoms with E-state index in [-0.39, 0.29) is 0 Å². The van der Waals surface area contributed by atoms with Crippen molar-refractivity contribution in [2.45, 2.75) is 19.9 Å². The van der Waals surface area contributed by atoms with Crippen molar-refractivity contribution in [2.75, 3.05) is 0 Å². The quantitative estimate of drug-likeness (QED) is 0.848. The SMILES string of the molecule is Cc1ccc(Cc2cc(CN)n(C)n2)cc1. The molecular formula is C13H17N3. The van der Waals surface area contributed by atoms with Gasteiger partial charge in [-0.25, -0.2) is 0 Å². The number of aromatic nitrogens is 2. The van der Waals surface area contributed by atoms with E-state index in [0.717, 1.165) is 17.8 Å². The number of rotatable bonds is 3. The average Bonchev–Trinajstić information content (AvgIpc) is 2.62. The van der Waals surface area contributed by atoms with Gasteiger partial charge in [0.25, 0.3) is 0 Å². The van der Waals surface area contributed by atoms with Crippen molar-refractivity contribution >= 4 is 0 Å². The normalized spacial score (nSPS) is 10.7. The molecule has 1 aromatic heterocycles. The fourth-order valence-electron chi connectivity index (χ4n) is 1.76. The predicted octanol–water partition coefficient (Wildman–Crippen LogP) is 1.78. The number of hydrogen-bond donors (Lipinski definition) is 1. The van der Waals surface area contributed by atoms with Crippen molar-refractivity contribution in [1.29, 1.82) is 0 Å². The van der Waals surface area contributed by atoms with Gasteiger partial charge in [0.1, 0.15) is 0 Å². The molecule has 0 bridgehead atoms. The molecule has 0 atom stereocenters. The summed E-state index contributed by atoms with van der Waals surface area (Å²) in [4.78, 5) is 0. The number of nitrogens with zero attached hydrogens (tertiary/aromatic N) is 2. The summed E-state index contributed by atoms with van der Waals surface area (Å²) >= 11 is 0. The lowest BCUT2D eigenvalue weighted by Gasteiger charge is -1.98. The van der Waals surface area contributed by atoms with Crippen LogP contribution in [0.2, 0.25) is 0 Å². The lowest BCUT2D eigenvalue weighted by molar-refractivity contribution is 0.701. The zero-order chi connectivity index (χ0) is 11.5. The first-order chi connectivity index (χ1) is 7.69. The van der Waals surface area contributed by atoms with Gasteiger partial charge in [-0.1, -0.05) is 29.8 Å². The summed E-state index contributed by atoms with van der Waals surface area (Å²) in [6, 6.07) is 10.6. The highest BCUT2D eigenvalue weighted by Gasteiger charge is 2.04. The van der Waals surface area contributed by atoms with Crippen LogP contribution < -0.4 is 5.73 Å². The smallest absolute Gasteiger partial charge is 0.0671 e. The number of aryl methyl sites for hydroxylation is 2. The van der Waals surface area contributed by atoms with Crippen molar-refractivity contribution in [1.82, 2.24) is 9.78 Å². The van der Waals surface area contributed by atoms with Crippen molar-refractivity contribution in [3.63, 3.8) is 0 Å². The second kappa shape index (κ2) is 4.49. The molecule has 16 heavy (non-hydrogen) atoms. The molecule has 0 saturated heterocycles. The lowest BCUT2D eigenvalue weighted by atomic mass is 10.1. The van der Waals surface area contributed by atoms with E-state index in [1.165, 1.54) is 11.1 Å². The second-order valence-corrected chi connectivity index (χ2v) is 4.12. The van der Waals surface area contributed by atoms with Gasteiger partial charge in [0.15, 0.2) is 0 Å². The highest BCUT2D eigenvalue weighted by Crippen LogP contribution is 2.10. The Bertz CT molecular complexity index is 468. The van der Waals surface area contributed by atoms with Gasteiger partial charge in [-0.3, -0.25) is 4.68 Å². The summed E-state index contributed by atoms with van der Waals surface area (Å²) in [5.41, 5.74) is 10.3. The standard InChI is InChI=1S/C13H17N3/c1-10-3-5-11(6-4-10)7-12-8-13(9-14)16(2)15-12/h3-6,8H,7,9,14H2,1-2H3. The van der Waals surface area contributed by atoms with Crippen LogP contribution in [0.1, 0.15) is 22.5 Å². The fraction of sp³-hybridized carbons (Fsp3) is 0.308. The van der Waals surface area contributed by atoms with Gasteiger partial charge < -0.3 is 5.73 Å². The van der Waals surface area contributed by atoms with E-state index < -0.39 is 0 Å². The fourth-order valence-corrected chi connectivity index (χ4v) is 1.76. The minimum Gasteiger partial charge on any atom is -0.325 e. The van der Waals surface area contributed by atoms with Gasteiger partial charge in [0, 0.05) is 20.0 Å². The maximum atomic E-state index is 5.62. The molecule has 0 aliphatic rings. The van der Waals surface area contributed by atoms with Crippen LogP contribution in [0.5, 0.6) is 0 Å². The molecule has 3 heteroatoms. The van der Waals surface area contributed by atoms with Crippen LogP contribution in [-0.4, -0.2) is 9.78 Å². The molecule has 0 aliphatic heterocycles. The summed E-state index contributed by atoms with van der Waals surface area (Å²) < 4.78 is 1.85. The summed E-state index contributed by atoms with van der Waals surface area (Å²) in [5, 5.41) is 4.44. The maximum Gasteiger partial charge on any atom is 0.0671 e. The minimum atomic E-state index is 0.539. The second-order valence-electron chi connectivity index (χ2n) is 4.12. The molecule has 0 fully saturated rings. The van der Waals surface area contributed by atoms with Crippen molar-refractivity contribution in [2.24, 2.45) is 12.8 Å². The Morgan fingerprint density at radius 3 is 2.50 bits per heavy atom. The van der Waals surface area contributed by atoms with Gasteiger partial charge >= 0.3 is 0 Å². The highest BCUT2D eigenvalue weighted by atomic mass is 15.3. The van der Waals surface area contributed by atoms with Crippen molar-refractivity contribution < 1.29 is 0 Å². The predicted molar refractivity (Wildman–Crippen MR) is 65.1 cm³/mol. The minimum absolute atomic E-state index is 0.539. The lowest BCUT2D eigenvalue weighted by Crippen LogP contribution is -2.03. The van der Waals surface area contributed by atoms with Crippen LogP contribution in [0.3, 0.4) is 0 Å². The molecule has 1 aromatic carbocycles. The molecule has 1 heterocycles. The van der Waals surface area contributed by atoms with Crippen LogP contribution >= 0.6 is 0 Å². The van der Waals surface area contributed by atoms with Gasteiger partial charge in [-0.05, 0) is 18.6 Å². The van der Waals surface area contributed by atoms with E-state index in [0.29, 0.717) is 6.54 Å². The topological polar surface area (TPSA) is 43.8 Å². The van der Waals surface area contributed by atoms with E-state index in [1.54, 1.807) is 0 Å². The van der Waals surface area contributed by atoms with Crippen LogP contribution in [0.4, 0.5) is 0 Å². The van der Waals surface area contributed by atoms with Crippen LogP contribution in [0.25, 0.3) is 0 Å². The van der Waals surface area contributed by atoms with Gasteiger partial charge in [0.2, 0.25) is 0 Å². The molecular weight excluding hydrogens is 198 g/mol. The molecule has 2 rings (SSSR count).